The topological polar surface area (TPSA) is 26.0 Å². The third-order valence-corrected chi connectivity index (χ3v) is 4.41. The lowest BCUT2D eigenvalue weighted by atomic mass is 9.91. The first-order valence-corrected chi connectivity index (χ1v) is 6.48. The maximum absolute atomic E-state index is 6.02. The smallest absolute Gasteiger partial charge is 0.00672 e. The average Bonchev–Trinajstić information content (AvgIpc) is 2.77. The highest BCUT2D eigenvalue weighted by atomic mass is 32.1. The number of rotatable bonds is 3. The third-order valence-electron chi connectivity index (χ3n) is 3.67. The molecule has 1 heterocycles. The van der Waals surface area contributed by atoms with Crippen molar-refractivity contribution in [2.45, 2.75) is 38.6 Å². The zero-order valence-corrected chi connectivity index (χ0v) is 9.59. The van der Waals surface area contributed by atoms with Crippen LogP contribution in [0, 0.1) is 11.8 Å². The molecule has 1 fully saturated rings. The van der Waals surface area contributed by atoms with Crippen molar-refractivity contribution in [3.05, 3.63) is 22.4 Å². The highest BCUT2D eigenvalue weighted by molar-refractivity contribution is 7.07. The van der Waals surface area contributed by atoms with E-state index in [2.05, 4.69) is 23.8 Å². The van der Waals surface area contributed by atoms with Crippen molar-refractivity contribution in [3.63, 3.8) is 0 Å². The number of hydrogen-bond acceptors (Lipinski definition) is 2. The minimum absolute atomic E-state index is 0.461. The van der Waals surface area contributed by atoms with Gasteiger partial charge in [0, 0.05) is 6.04 Å². The molecule has 3 atom stereocenters. The Hall–Kier alpha value is -0.340. The molecule has 14 heavy (non-hydrogen) atoms. The van der Waals surface area contributed by atoms with E-state index >= 15 is 0 Å². The lowest BCUT2D eigenvalue weighted by Gasteiger charge is -2.17. The summed E-state index contributed by atoms with van der Waals surface area (Å²) in [6.07, 6.45) is 5.14. The standard InChI is InChI=1S/C12H19NS/c1-9-11(4-5-12(9)13)3-2-10-6-7-14-8-10/h6-9,11-12H,2-5,13H2,1H3. The minimum Gasteiger partial charge on any atom is -0.327 e. The first kappa shape index (κ1) is 10.2. The van der Waals surface area contributed by atoms with Crippen LogP contribution in [0.1, 0.15) is 31.7 Å². The number of hydrogen-bond donors (Lipinski definition) is 1. The lowest BCUT2D eigenvalue weighted by molar-refractivity contribution is 0.370. The molecule has 0 spiro atoms. The van der Waals surface area contributed by atoms with Crippen molar-refractivity contribution in [2.24, 2.45) is 17.6 Å². The molecule has 78 valence electrons. The van der Waals surface area contributed by atoms with Crippen LogP contribution in [0.4, 0.5) is 0 Å². The largest absolute Gasteiger partial charge is 0.327 e. The Balaban J connectivity index is 1.81. The van der Waals surface area contributed by atoms with Gasteiger partial charge in [0.05, 0.1) is 0 Å². The van der Waals surface area contributed by atoms with Crippen molar-refractivity contribution in [1.82, 2.24) is 0 Å². The van der Waals surface area contributed by atoms with Crippen molar-refractivity contribution >= 4 is 11.3 Å². The van der Waals surface area contributed by atoms with Crippen LogP contribution in [-0.4, -0.2) is 6.04 Å². The molecule has 0 aliphatic heterocycles. The maximum atomic E-state index is 6.02. The fourth-order valence-corrected chi connectivity index (χ4v) is 3.18. The lowest BCUT2D eigenvalue weighted by Crippen LogP contribution is -2.25. The molecular weight excluding hydrogens is 190 g/mol. The molecule has 1 aromatic rings. The quantitative estimate of drug-likeness (QED) is 0.813. The third kappa shape index (κ3) is 2.18. The van der Waals surface area contributed by atoms with Gasteiger partial charge in [-0.3, -0.25) is 0 Å². The van der Waals surface area contributed by atoms with Gasteiger partial charge in [0.1, 0.15) is 0 Å². The molecule has 0 saturated heterocycles. The molecular formula is C12H19NS. The van der Waals surface area contributed by atoms with E-state index in [1.54, 1.807) is 11.3 Å². The van der Waals surface area contributed by atoms with Crippen LogP contribution in [0.2, 0.25) is 0 Å². The summed E-state index contributed by atoms with van der Waals surface area (Å²) in [6, 6.07) is 2.70. The molecule has 2 rings (SSSR count). The van der Waals surface area contributed by atoms with E-state index in [1.807, 2.05) is 0 Å². The molecule has 1 saturated carbocycles. The van der Waals surface area contributed by atoms with E-state index in [9.17, 15) is 0 Å². The fraction of sp³-hybridized carbons (Fsp3) is 0.667. The zero-order chi connectivity index (χ0) is 9.97. The van der Waals surface area contributed by atoms with E-state index in [0.29, 0.717) is 6.04 Å². The van der Waals surface area contributed by atoms with E-state index in [4.69, 9.17) is 5.73 Å². The molecule has 3 unspecified atom stereocenters. The van der Waals surface area contributed by atoms with E-state index in [-0.39, 0.29) is 0 Å². The van der Waals surface area contributed by atoms with Crippen molar-refractivity contribution < 1.29 is 0 Å². The summed E-state index contributed by atoms with van der Waals surface area (Å²) < 4.78 is 0. The van der Waals surface area contributed by atoms with Gasteiger partial charge in [0.2, 0.25) is 0 Å². The van der Waals surface area contributed by atoms with Crippen molar-refractivity contribution in [2.75, 3.05) is 0 Å². The second-order valence-corrected chi connectivity index (χ2v) is 5.31. The summed E-state index contributed by atoms with van der Waals surface area (Å²) in [6.45, 7) is 2.32. The second-order valence-electron chi connectivity index (χ2n) is 4.53. The molecule has 2 heteroatoms. The molecule has 1 aromatic heterocycles. The highest BCUT2D eigenvalue weighted by Crippen LogP contribution is 2.33. The van der Waals surface area contributed by atoms with Gasteiger partial charge in [-0.05, 0) is 59.9 Å². The molecule has 1 aliphatic rings. The fourth-order valence-electron chi connectivity index (χ4n) is 2.48. The van der Waals surface area contributed by atoms with Gasteiger partial charge in [-0.15, -0.1) is 0 Å². The molecule has 2 N–H and O–H groups in total. The van der Waals surface area contributed by atoms with E-state index in [0.717, 1.165) is 11.8 Å². The summed E-state index contributed by atoms with van der Waals surface area (Å²) >= 11 is 1.80. The summed E-state index contributed by atoms with van der Waals surface area (Å²) in [5.41, 5.74) is 7.52. The average molecular weight is 209 g/mol. The summed E-state index contributed by atoms with van der Waals surface area (Å²) in [7, 11) is 0. The Bertz CT molecular complexity index is 268. The SMILES string of the molecule is CC1C(N)CCC1CCc1ccsc1. The van der Waals surface area contributed by atoms with Gasteiger partial charge < -0.3 is 5.73 Å². The Kier molecular flexibility index (Phi) is 3.24. The normalized spacial score (nSPS) is 32.3. The molecule has 0 radical (unpaired) electrons. The van der Waals surface area contributed by atoms with Crippen LogP contribution in [0.15, 0.2) is 16.8 Å². The Morgan fingerprint density at radius 3 is 2.93 bits per heavy atom. The first-order chi connectivity index (χ1) is 6.77. The van der Waals surface area contributed by atoms with E-state index < -0.39 is 0 Å². The van der Waals surface area contributed by atoms with Gasteiger partial charge in [-0.25, -0.2) is 0 Å². The van der Waals surface area contributed by atoms with Crippen LogP contribution in [0.3, 0.4) is 0 Å². The molecule has 1 aliphatic carbocycles. The molecule has 0 amide bonds. The van der Waals surface area contributed by atoms with Crippen molar-refractivity contribution in [3.8, 4) is 0 Å². The monoisotopic (exact) mass is 209 g/mol. The Labute approximate surface area is 90.3 Å². The Morgan fingerprint density at radius 1 is 1.50 bits per heavy atom. The second kappa shape index (κ2) is 4.45. The van der Waals surface area contributed by atoms with Gasteiger partial charge in [0.25, 0.3) is 0 Å². The van der Waals surface area contributed by atoms with Gasteiger partial charge in [-0.1, -0.05) is 6.92 Å². The van der Waals surface area contributed by atoms with Gasteiger partial charge in [-0.2, -0.15) is 11.3 Å². The predicted octanol–water partition coefficient (Wildman–Crippen LogP) is 3.05. The minimum atomic E-state index is 0.461. The number of aryl methyl sites for hydroxylation is 1. The summed E-state index contributed by atoms with van der Waals surface area (Å²) in [5.74, 6) is 1.60. The van der Waals surface area contributed by atoms with Crippen LogP contribution >= 0.6 is 11.3 Å². The molecule has 0 bridgehead atoms. The summed E-state index contributed by atoms with van der Waals surface area (Å²) in [4.78, 5) is 0. The molecule has 0 aromatic carbocycles. The van der Waals surface area contributed by atoms with Crippen molar-refractivity contribution in [1.29, 1.82) is 0 Å². The Morgan fingerprint density at radius 2 is 2.36 bits per heavy atom. The van der Waals surface area contributed by atoms with Gasteiger partial charge in [0.15, 0.2) is 0 Å². The zero-order valence-electron chi connectivity index (χ0n) is 8.78. The predicted molar refractivity (Wildman–Crippen MR) is 62.5 cm³/mol. The summed E-state index contributed by atoms with van der Waals surface area (Å²) in [5, 5.41) is 4.43. The highest BCUT2D eigenvalue weighted by Gasteiger charge is 2.29. The first-order valence-electron chi connectivity index (χ1n) is 5.54. The molecule has 1 nitrogen and oxygen atoms in total. The number of nitrogens with two attached hydrogens (primary N) is 1. The number of thiophene rings is 1. The van der Waals surface area contributed by atoms with Crippen LogP contribution in [-0.2, 0) is 6.42 Å². The van der Waals surface area contributed by atoms with Crippen LogP contribution < -0.4 is 5.73 Å². The van der Waals surface area contributed by atoms with Gasteiger partial charge >= 0.3 is 0 Å². The van der Waals surface area contributed by atoms with E-state index in [1.165, 1.54) is 31.2 Å². The van der Waals surface area contributed by atoms with Crippen LogP contribution in [0.5, 0.6) is 0 Å². The van der Waals surface area contributed by atoms with Crippen LogP contribution in [0.25, 0.3) is 0 Å². The maximum Gasteiger partial charge on any atom is 0.00672 e.